The van der Waals surface area contributed by atoms with Gasteiger partial charge in [-0.2, -0.15) is 0 Å². The number of benzene rings is 1. The van der Waals surface area contributed by atoms with Crippen LogP contribution in [0.5, 0.6) is 17.2 Å². The third-order valence-electron chi connectivity index (χ3n) is 5.63. The van der Waals surface area contributed by atoms with E-state index < -0.39 is 6.04 Å². The summed E-state index contributed by atoms with van der Waals surface area (Å²) in [5.74, 6) is 0.671. The first-order chi connectivity index (χ1) is 13.5. The molecular weight excluding hydrogens is 386 g/mol. The largest absolute Gasteiger partial charge is 0.493 e. The lowest BCUT2D eigenvalue weighted by Gasteiger charge is -2.37. The highest BCUT2D eigenvalue weighted by Crippen LogP contribution is 2.46. The molecule has 1 aliphatic carbocycles. The number of ether oxygens (including phenoxy) is 4. The van der Waals surface area contributed by atoms with Crippen LogP contribution in [-0.2, 0) is 14.3 Å². The highest BCUT2D eigenvalue weighted by molar-refractivity contribution is 6.21. The van der Waals surface area contributed by atoms with Crippen molar-refractivity contribution in [3.63, 3.8) is 0 Å². The fourth-order valence-corrected chi connectivity index (χ4v) is 4.59. The number of ketones is 1. The number of amides is 1. The average molecular weight is 408 g/mol. The van der Waals surface area contributed by atoms with Gasteiger partial charge in [-0.25, -0.2) is 0 Å². The van der Waals surface area contributed by atoms with Crippen LogP contribution in [0.1, 0.15) is 30.9 Å². The molecule has 4 atom stereocenters. The molecule has 28 heavy (non-hydrogen) atoms. The summed E-state index contributed by atoms with van der Waals surface area (Å²) in [6.07, 6.45) is 1.71. The van der Waals surface area contributed by atoms with E-state index in [4.69, 9.17) is 30.5 Å². The number of fused-ring (bicyclic) bond motifs is 1. The first-order valence-corrected chi connectivity index (χ1v) is 9.62. The van der Waals surface area contributed by atoms with Crippen molar-refractivity contribution in [2.75, 3.05) is 21.3 Å². The van der Waals surface area contributed by atoms with E-state index in [0.29, 0.717) is 41.2 Å². The number of methoxy groups -OCH3 is 3. The van der Waals surface area contributed by atoms with Crippen LogP contribution >= 0.6 is 11.6 Å². The molecule has 0 bridgehead atoms. The van der Waals surface area contributed by atoms with Crippen LogP contribution in [0.2, 0.25) is 0 Å². The molecule has 1 fully saturated rings. The Bertz CT molecular complexity index is 841. The molecule has 1 saturated carbocycles. The van der Waals surface area contributed by atoms with Crippen molar-refractivity contribution in [2.24, 2.45) is 5.92 Å². The predicted molar refractivity (Wildman–Crippen MR) is 101 cm³/mol. The van der Waals surface area contributed by atoms with Gasteiger partial charge in [0.2, 0.25) is 5.75 Å². The molecule has 0 aromatic heterocycles. The van der Waals surface area contributed by atoms with E-state index in [9.17, 15) is 9.59 Å². The summed E-state index contributed by atoms with van der Waals surface area (Å²) in [6, 6.07) is 2.82. The number of carbonyl (C=O) groups excluding carboxylic acids is 2. The Morgan fingerprint density at radius 1 is 1.07 bits per heavy atom. The fourth-order valence-electron chi connectivity index (χ4n) is 4.27. The Morgan fingerprint density at radius 3 is 2.36 bits per heavy atom. The van der Waals surface area contributed by atoms with Crippen LogP contribution in [-0.4, -0.2) is 44.5 Å². The van der Waals surface area contributed by atoms with Crippen LogP contribution in [0, 0.1) is 5.92 Å². The number of hydrogen-bond acceptors (Lipinski definition) is 6. The van der Waals surface area contributed by atoms with E-state index in [1.54, 1.807) is 12.1 Å². The van der Waals surface area contributed by atoms with Crippen molar-refractivity contribution < 1.29 is 28.5 Å². The molecule has 0 radical (unpaired) electrons. The predicted octanol–water partition coefficient (Wildman–Crippen LogP) is 2.51. The Morgan fingerprint density at radius 2 is 1.75 bits per heavy atom. The third-order valence-corrected chi connectivity index (χ3v) is 6.03. The molecule has 2 heterocycles. The Labute approximate surface area is 167 Å². The van der Waals surface area contributed by atoms with E-state index >= 15 is 0 Å². The highest BCUT2D eigenvalue weighted by atomic mass is 35.5. The summed E-state index contributed by atoms with van der Waals surface area (Å²) >= 11 is 6.29. The van der Waals surface area contributed by atoms with Gasteiger partial charge in [-0.15, -0.1) is 11.6 Å². The van der Waals surface area contributed by atoms with Crippen LogP contribution in [0.25, 0.3) is 0 Å². The second kappa shape index (κ2) is 7.20. The zero-order valence-corrected chi connectivity index (χ0v) is 16.7. The molecule has 1 aromatic carbocycles. The van der Waals surface area contributed by atoms with Gasteiger partial charge in [-0.1, -0.05) is 0 Å². The standard InChI is InChI=1S/C20H22ClNO6/c1-25-13-6-9(7-14(26-2)18(13)27-3)16-15-17(23)11-8-10(21)4-5-12(11)28-19(15)20(24)22-16/h6-7,10-12,16H,4-5,8H2,1-3H3,(H,22,24). The van der Waals surface area contributed by atoms with Crippen LogP contribution in [0.3, 0.4) is 0 Å². The lowest BCUT2D eigenvalue weighted by atomic mass is 9.77. The SMILES string of the molecule is COc1cc(C2NC(=O)C3=C2C(=O)C2CC(Cl)CCC2O3)cc(OC)c1OC. The van der Waals surface area contributed by atoms with E-state index in [1.807, 2.05) is 0 Å². The molecule has 1 amide bonds. The van der Waals surface area contributed by atoms with E-state index in [2.05, 4.69) is 5.32 Å². The highest BCUT2D eigenvalue weighted by Gasteiger charge is 2.49. The maximum absolute atomic E-state index is 13.3. The van der Waals surface area contributed by atoms with Crippen LogP contribution in [0.15, 0.2) is 23.5 Å². The van der Waals surface area contributed by atoms with Crippen LogP contribution in [0.4, 0.5) is 0 Å². The summed E-state index contributed by atoms with van der Waals surface area (Å²) in [4.78, 5) is 25.8. The quantitative estimate of drug-likeness (QED) is 0.772. The molecule has 150 valence electrons. The summed E-state index contributed by atoms with van der Waals surface area (Å²) in [6.45, 7) is 0. The molecule has 0 spiro atoms. The van der Waals surface area contributed by atoms with Gasteiger partial charge in [0.1, 0.15) is 6.10 Å². The lowest BCUT2D eigenvalue weighted by Crippen LogP contribution is -2.41. The van der Waals surface area contributed by atoms with Gasteiger partial charge in [-0.3, -0.25) is 9.59 Å². The molecular formula is C20H22ClNO6. The molecule has 4 unspecified atom stereocenters. The molecule has 2 aliphatic heterocycles. The topological polar surface area (TPSA) is 83.1 Å². The zero-order valence-electron chi connectivity index (χ0n) is 15.9. The number of carbonyl (C=O) groups is 2. The second-order valence-electron chi connectivity index (χ2n) is 7.15. The van der Waals surface area contributed by atoms with Gasteiger partial charge in [0.05, 0.1) is 38.9 Å². The average Bonchev–Trinajstić information content (AvgIpc) is 3.04. The number of rotatable bonds is 4. The van der Waals surface area contributed by atoms with Gasteiger partial charge in [0.25, 0.3) is 5.91 Å². The molecule has 0 saturated heterocycles. The maximum Gasteiger partial charge on any atom is 0.287 e. The van der Waals surface area contributed by atoms with E-state index in [0.717, 1.165) is 6.42 Å². The minimum absolute atomic E-state index is 0.0550. The van der Waals surface area contributed by atoms with Crippen molar-refractivity contribution in [2.45, 2.75) is 36.8 Å². The van der Waals surface area contributed by atoms with Gasteiger partial charge < -0.3 is 24.3 Å². The van der Waals surface area contributed by atoms with Gasteiger partial charge in [0.15, 0.2) is 23.0 Å². The molecule has 3 aliphatic rings. The molecule has 1 N–H and O–H groups in total. The summed E-state index contributed by atoms with van der Waals surface area (Å²) < 4.78 is 22.1. The molecule has 4 rings (SSSR count). The minimum Gasteiger partial charge on any atom is -0.493 e. The number of nitrogens with one attached hydrogen (secondary N) is 1. The Kier molecular flexibility index (Phi) is 4.87. The Balaban J connectivity index is 1.77. The first kappa shape index (κ1) is 18.9. The third kappa shape index (κ3) is 2.89. The van der Waals surface area contributed by atoms with Gasteiger partial charge >= 0.3 is 0 Å². The normalized spacial score (nSPS) is 28.9. The summed E-state index contributed by atoms with van der Waals surface area (Å²) in [5, 5.41) is 2.80. The number of halogens is 1. The lowest BCUT2D eigenvalue weighted by molar-refractivity contribution is -0.132. The summed E-state index contributed by atoms with van der Waals surface area (Å²) in [7, 11) is 4.55. The first-order valence-electron chi connectivity index (χ1n) is 9.18. The van der Waals surface area contributed by atoms with E-state index in [-0.39, 0.29) is 34.8 Å². The van der Waals surface area contributed by atoms with E-state index in [1.165, 1.54) is 21.3 Å². The number of hydrogen-bond donors (Lipinski definition) is 1. The van der Waals surface area contributed by atoms with Crippen molar-refractivity contribution in [3.05, 3.63) is 29.0 Å². The molecule has 8 heteroatoms. The summed E-state index contributed by atoms with van der Waals surface area (Å²) in [5.41, 5.74) is 1.01. The Hall–Kier alpha value is -2.41. The van der Waals surface area contributed by atoms with Crippen molar-refractivity contribution in [1.82, 2.24) is 5.32 Å². The van der Waals surface area contributed by atoms with Crippen molar-refractivity contribution >= 4 is 23.3 Å². The van der Waals surface area contributed by atoms with Gasteiger partial charge in [-0.05, 0) is 37.0 Å². The van der Waals surface area contributed by atoms with Crippen LogP contribution < -0.4 is 19.5 Å². The monoisotopic (exact) mass is 407 g/mol. The second-order valence-corrected chi connectivity index (χ2v) is 7.76. The molecule has 7 nitrogen and oxygen atoms in total. The number of alkyl halides is 1. The van der Waals surface area contributed by atoms with Gasteiger partial charge in [0, 0.05) is 5.38 Å². The maximum atomic E-state index is 13.3. The minimum atomic E-state index is -0.639. The number of Topliss-reactive ketones (excluding diaryl/α,β-unsaturated/α-hetero) is 1. The molecule has 1 aromatic rings. The zero-order chi connectivity index (χ0) is 20.0. The fraction of sp³-hybridized carbons (Fsp3) is 0.500. The van der Waals surface area contributed by atoms with Crippen molar-refractivity contribution in [3.8, 4) is 17.2 Å². The smallest absolute Gasteiger partial charge is 0.287 e. The van der Waals surface area contributed by atoms with Crippen molar-refractivity contribution in [1.29, 1.82) is 0 Å².